The van der Waals surface area contributed by atoms with E-state index in [4.69, 9.17) is 14.9 Å². The second-order valence-electron chi connectivity index (χ2n) is 8.06. The summed E-state index contributed by atoms with van der Waals surface area (Å²) in [6.45, 7) is 3.48. The van der Waals surface area contributed by atoms with Crippen LogP contribution in [0.4, 0.5) is 5.82 Å². The Kier molecular flexibility index (Phi) is 5.40. The number of oxazole rings is 1. The molecular weight excluding hydrogens is 408 g/mol. The predicted octanol–water partition coefficient (Wildman–Crippen LogP) is 3.73. The molecule has 0 radical (unpaired) electrons. The molecule has 0 saturated carbocycles. The van der Waals surface area contributed by atoms with Gasteiger partial charge in [-0.05, 0) is 44.2 Å². The standard InChI is InChI=1S/C23H24N6O3/c1-14-12-26-18-5-3-16(13-29(14)18)19-21(23-25-8-11-32-23)28-22(24)20(27-19)17(30)4-2-15-6-9-31-10-7-15/h3,5,8,11-13,15H,2,4,6-7,9-10H2,1H3,(H2,24,28). The van der Waals surface area contributed by atoms with E-state index in [0.717, 1.165) is 49.4 Å². The van der Waals surface area contributed by atoms with Gasteiger partial charge in [-0.2, -0.15) is 0 Å². The Balaban J connectivity index is 1.54. The predicted molar refractivity (Wildman–Crippen MR) is 118 cm³/mol. The van der Waals surface area contributed by atoms with Gasteiger partial charge in [0.1, 0.15) is 23.3 Å². The summed E-state index contributed by atoms with van der Waals surface area (Å²) in [6.07, 6.45) is 9.84. The Morgan fingerprint density at radius 1 is 1.19 bits per heavy atom. The molecule has 2 N–H and O–H groups in total. The van der Waals surface area contributed by atoms with Gasteiger partial charge in [-0.1, -0.05) is 0 Å². The van der Waals surface area contributed by atoms with E-state index in [1.807, 2.05) is 29.7 Å². The lowest BCUT2D eigenvalue weighted by Gasteiger charge is -2.21. The van der Waals surface area contributed by atoms with Crippen LogP contribution < -0.4 is 5.73 Å². The highest BCUT2D eigenvalue weighted by Gasteiger charge is 2.23. The molecule has 1 aliphatic heterocycles. The summed E-state index contributed by atoms with van der Waals surface area (Å²) in [6, 6.07) is 3.79. The van der Waals surface area contributed by atoms with E-state index < -0.39 is 0 Å². The lowest BCUT2D eigenvalue weighted by Crippen LogP contribution is -2.17. The van der Waals surface area contributed by atoms with Gasteiger partial charge in [0.2, 0.25) is 5.89 Å². The van der Waals surface area contributed by atoms with Crippen LogP contribution in [0.2, 0.25) is 0 Å². The number of hydrogen-bond donors (Lipinski definition) is 1. The van der Waals surface area contributed by atoms with Crippen molar-refractivity contribution in [3.8, 4) is 22.8 Å². The third kappa shape index (κ3) is 3.87. The molecule has 9 nitrogen and oxygen atoms in total. The number of carbonyl (C=O) groups excluding carboxylic acids is 1. The second-order valence-corrected chi connectivity index (χ2v) is 8.06. The summed E-state index contributed by atoms with van der Waals surface area (Å²) >= 11 is 0. The molecule has 164 valence electrons. The monoisotopic (exact) mass is 432 g/mol. The molecule has 1 aliphatic rings. The first-order valence-electron chi connectivity index (χ1n) is 10.7. The highest BCUT2D eigenvalue weighted by atomic mass is 16.5. The molecule has 0 spiro atoms. The number of fused-ring (bicyclic) bond motifs is 1. The van der Waals surface area contributed by atoms with Gasteiger partial charge >= 0.3 is 0 Å². The molecule has 0 aliphatic carbocycles. The molecule has 0 atom stereocenters. The first-order chi connectivity index (χ1) is 15.6. The number of Topliss-reactive ketones (excluding diaryl/α,β-unsaturated/α-hetero) is 1. The van der Waals surface area contributed by atoms with Gasteiger partial charge in [-0.15, -0.1) is 0 Å². The smallest absolute Gasteiger partial charge is 0.247 e. The van der Waals surface area contributed by atoms with E-state index in [1.54, 1.807) is 6.20 Å². The normalized spacial score (nSPS) is 14.8. The van der Waals surface area contributed by atoms with Crippen LogP contribution in [0.1, 0.15) is 41.9 Å². The van der Waals surface area contributed by atoms with Gasteiger partial charge in [0.15, 0.2) is 17.3 Å². The maximum absolute atomic E-state index is 13.0. The zero-order chi connectivity index (χ0) is 22.1. The number of nitrogens with two attached hydrogens (primary N) is 1. The van der Waals surface area contributed by atoms with E-state index >= 15 is 0 Å². The number of imidazole rings is 1. The molecule has 5 rings (SSSR count). The number of carbonyl (C=O) groups is 1. The molecule has 4 aromatic heterocycles. The van der Waals surface area contributed by atoms with E-state index in [0.29, 0.717) is 29.6 Å². The summed E-state index contributed by atoms with van der Waals surface area (Å²) in [5.74, 6) is 0.753. The van der Waals surface area contributed by atoms with Crippen molar-refractivity contribution < 1.29 is 13.9 Å². The number of nitrogens with zero attached hydrogens (tertiary/aromatic N) is 5. The summed E-state index contributed by atoms with van der Waals surface area (Å²) < 4.78 is 12.8. The first kappa shape index (κ1) is 20.3. The van der Waals surface area contributed by atoms with Gasteiger partial charge in [-0.25, -0.2) is 19.9 Å². The fourth-order valence-electron chi connectivity index (χ4n) is 4.08. The molecule has 1 fully saturated rings. The third-order valence-corrected chi connectivity index (χ3v) is 5.91. The number of ketones is 1. The summed E-state index contributed by atoms with van der Waals surface area (Å²) in [5, 5.41) is 0. The molecule has 0 aromatic carbocycles. The van der Waals surface area contributed by atoms with Gasteiger partial charge in [0.05, 0.1) is 6.20 Å². The van der Waals surface area contributed by atoms with E-state index in [2.05, 4.69) is 19.9 Å². The van der Waals surface area contributed by atoms with Crippen molar-refractivity contribution in [3.05, 3.63) is 48.4 Å². The number of anilines is 1. The van der Waals surface area contributed by atoms with Crippen LogP contribution >= 0.6 is 0 Å². The second kappa shape index (κ2) is 8.51. The van der Waals surface area contributed by atoms with Crippen LogP contribution in [0.3, 0.4) is 0 Å². The van der Waals surface area contributed by atoms with Crippen LogP contribution in [0.25, 0.3) is 28.5 Å². The largest absolute Gasteiger partial charge is 0.443 e. The van der Waals surface area contributed by atoms with E-state index in [9.17, 15) is 4.79 Å². The average molecular weight is 432 g/mol. The van der Waals surface area contributed by atoms with Gasteiger partial charge < -0.3 is 19.3 Å². The minimum atomic E-state index is -0.110. The summed E-state index contributed by atoms with van der Waals surface area (Å²) in [7, 11) is 0. The SMILES string of the molecule is Cc1cnc2ccc(-c3nc(C(=O)CCC4CCOCC4)c(N)nc3-c3ncco3)cn12. The topological polar surface area (TPSA) is 121 Å². The average Bonchev–Trinajstić information content (AvgIpc) is 3.48. The zero-order valence-corrected chi connectivity index (χ0v) is 17.8. The van der Waals surface area contributed by atoms with Crippen LogP contribution in [0.5, 0.6) is 0 Å². The number of aryl methyl sites for hydroxylation is 1. The molecular formula is C23H24N6O3. The lowest BCUT2D eigenvalue weighted by molar-refractivity contribution is 0.0619. The Morgan fingerprint density at radius 2 is 2.03 bits per heavy atom. The highest BCUT2D eigenvalue weighted by molar-refractivity contribution is 5.99. The van der Waals surface area contributed by atoms with Crippen molar-refractivity contribution in [2.45, 2.75) is 32.6 Å². The fraction of sp³-hybridized carbons (Fsp3) is 0.348. The molecule has 9 heteroatoms. The minimum Gasteiger partial charge on any atom is -0.443 e. The quantitative estimate of drug-likeness (QED) is 0.458. The van der Waals surface area contributed by atoms with Gasteiger partial charge in [0, 0.05) is 43.3 Å². The summed E-state index contributed by atoms with van der Waals surface area (Å²) in [5.41, 5.74) is 9.82. The molecule has 0 unspecified atom stereocenters. The number of pyridine rings is 1. The Hall–Kier alpha value is -3.59. The maximum Gasteiger partial charge on any atom is 0.247 e. The van der Waals surface area contributed by atoms with Crippen LogP contribution in [-0.2, 0) is 4.74 Å². The zero-order valence-electron chi connectivity index (χ0n) is 17.8. The molecule has 5 heterocycles. The number of rotatable bonds is 6. The molecule has 32 heavy (non-hydrogen) atoms. The van der Waals surface area contributed by atoms with Crippen molar-refractivity contribution in [1.82, 2.24) is 24.3 Å². The van der Waals surface area contributed by atoms with Crippen molar-refractivity contribution >= 4 is 17.2 Å². The van der Waals surface area contributed by atoms with Gasteiger partial charge in [0.25, 0.3) is 0 Å². The number of nitrogen functional groups attached to an aromatic ring is 1. The number of aromatic nitrogens is 5. The first-order valence-corrected chi connectivity index (χ1v) is 10.7. The van der Waals surface area contributed by atoms with Gasteiger partial charge in [-0.3, -0.25) is 4.79 Å². The molecule has 0 bridgehead atoms. The van der Waals surface area contributed by atoms with Crippen molar-refractivity contribution in [3.63, 3.8) is 0 Å². The minimum absolute atomic E-state index is 0.0822. The van der Waals surface area contributed by atoms with Crippen LogP contribution in [0, 0.1) is 12.8 Å². The van der Waals surface area contributed by atoms with Crippen LogP contribution in [0.15, 0.2) is 41.4 Å². The van der Waals surface area contributed by atoms with Crippen molar-refractivity contribution in [2.75, 3.05) is 18.9 Å². The van der Waals surface area contributed by atoms with E-state index in [1.165, 1.54) is 12.5 Å². The molecule has 0 amide bonds. The Bertz CT molecular complexity index is 1260. The fourth-order valence-corrected chi connectivity index (χ4v) is 4.08. The molecule has 4 aromatic rings. The van der Waals surface area contributed by atoms with Crippen molar-refractivity contribution in [2.24, 2.45) is 5.92 Å². The maximum atomic E-state index is 13.0. The van der Waals surface area contributed by atoms with Crippen molar-refractivity contribution in [1.29, 1.82) is 0 Å². The third-order valence-electron chi connectivity index (χ3n) is 5.91. The van der Waals surface area contributed by atoms with Crippen LogP contribution in [-0.4, -0.2) is 43.3 Å². The summed E-state index contributed by atoms with van der Waals surface area (Å²) in [4.78, 5) is 30.8. The molecule has 1 saturated heterocycles. The Morgan fingerprint density at radius 3 is 2.81 bits per heavy atom. The number of hydrogen-bond acceptors (Lipinski definition) is 8. The Labute approximate surface area is 184 Å². The highest BCUT2D eigenvalue weighted by Crippen LogP contribution is 2.31. The lowest BCUT2D eigenvalue weighted by atomic mass is 9.93. The number of ether oxygens (including phenoxy) is 1. The van der Waals surface area contributed by atoms with E-state index in [-0.39, 0.29) is 17.3 Å².